The number of piperidine rings is 1. The lowest BCUT2D eigenvalue weighted by atomic mass is 9.90. The monoisotopic (exact) mass is 459 g/mol. The van der Waals surface area contributed by atoms with Gasteiger partial charge >= 0.3 is 0 Å². The Labute approximate surface area is 201 Å². The van der Waals surface area contributed by atoms with Crippen molar-refractivity contribution in [2.75, 3.05) is 30.8 Å². The maximum absolute atomic E-state index is 5.46. The lowest BCUT2D eigenvalue weighted by Gasteiger charge is -2.39. The zero-order valence-electron chi connectivity index (χ0n) is 20.4. The standard InChI is InChI=1S/C26H33N7O/c1-18-5-6-21(34-4)16-22(18)30-26(2)23-24(28-17-32(23)3)29-25(31-26)33-13-9-20(10-14-33)15-19-7-11-27-12-8-19/h5-8,11-12,16-17,20,30H,9-10,13-15H2,1-4H3,(H,29,31). The lowest BCUT2D eigenvalue weighted by Crippen LogP contribution is -2.48. The molecule has 34 heavy (non-hydrogen) atoms. The van der Waals surface area contributed by atoms with Crippen LogP contribution in [-0.2, 0) is 19.1 Å². The van der Waals surface area contributed by atoms with Gasteiger partial charge in [0.1, 0.15) is 11.4 Å². The number of hydrogen-bond acceptors (Lipinski definition) is 7. The minimum atomic E-state index is -0.674. The fourth-order valence-corrected chi connectivity index (χ4v) is 5.06. The number of methoxy groups -OCH3 is 1. The second-order valence-corrected chi connectivity index (χ2v) is 9.48. The molecule has 2 aliphatic heterocycles. The van der Waals surface area contributed by atoms with Crippen LogP contribution in [0.4, 0.5) is 11.5 Å². The van der Waals surface area contributed by atoms with Crippen molar-refractivity contribution < 1.29 is 4.74 Å². The van der Waals surface area contributed by atoms with E-state index in [1.807, 2.05) is 42.5 Å². The Morgan fingerprint density at radius 2 is 1.94 bits per heavy atom. The molecule has 8 heteroatoms. The van der Waals surface area contributed by atoms with Crippen molar-refractivity contribution in [3.8, 4) is 5.75 Å². The molecular weight excluding hydrogens is 426 g/mol. The van der Waals surface area contributed by atoms with E-state index in [2.05, 4.69) is 57.5 Å². The molecule has 3 aromatic rings. The Morgan fingerprint density at radius 1 is 1.18 bits per heavy atom. The number of nitrogens with zero attached hydrogens (tertiary/aromatic N) is 5. The van der Waals surface area contributed by atoms with E-state index in [-0.39, 0.29) is 0 Å². The van der Waals surface area contributed by atoms with Crippen molar-refractivity contribution in [1.29, 1.82) is 0 Å². The highest BCUT2D eigenvalue weighted by Crippen LogP contribution is 2.37. The summed E-state index contributed by atoms with van der Waals surface area (Å²) in [5.41, 5.74) is 3.83. The number of hydrogen-bond donors (Lipinski definition) is 2. The summed E-state index contributed by atoms with van der Waals surface area (Å²) < 4.78 is 7.50. The van der Waals surface area contributed by atoms with E-state index < -0.39 is 5.66 Å². The zero-order valence-corrected chi connectivity index (χ0v) is 20.4. The Morgan fingerprint density at radius 3 is 2.68 bits per heavy atom. The molecule has 2 aromatic heterocycles. The number of guanidine groups is 1. The Bertz CT molecular complexity index is 1180. The first-order valence-electron chi connectivity index (χ1n) is 11.9. The number of benzene rings is 1. The van der Waals surface area contributed by atoms with Crippen molar-refractivity contribution in [2.45, 2.75) is 38.8 Å². The number of fused-ring (bicyclic) bond motifs is 1. The molecule has 178 valence electrons. The van der Waals surface area contributed by atoms with Gasteiger partial charge < -0.3 is 24.8 Å². The predicted octanol–water partition coefficient (Wildman–Crippen LogP) is 4.15. The van der Waals surface area contributed by atoms with Gasteiger partial charge in [0.05, 0.1) is 13.4 Å². The van der Waals surface area contributed by atoms with Crippen LogP contribution in [0.15, 0.2) is 54.0 Å². The summed E-state index contributed by atoms with van der Waals surface area (Å²) in [6.07, 6.45) is 8.99. The van der Waals surface area contributed by atoms with Crippen LogP contribution >= 0.6 is 0 Å². The van der Waals surface area contributed by atoms with Crippen LogP contribution in [-0.4, -0.2) is 45.6 Å². The van der Waals surface area contributed by atoms with E-state index in [0.29, 0.717) is 5.92 Å². The molecule has 4 heterocycles. The van der Waals surface area contributed by atoms with E-state index >= 15 is 0 Å². The molecule has 0 saturated carbocycles. The summed E-state index contributed by atoms with van der Waals surface area (Å²) in [6.45, 7) is 6.15. The van der Waals surface area contributed by atoms with Gasteiger partial charge in [-0.05, 0) is 68.4 Å². The molecule has 0 spiro atoms. The Hall–Kier alpha value is -3.55. The highest BCUT2D eigenvalue weighted by Gasteiger charge is 2.39. The number of ether oxygens (including phenoxy) is 1. The topological polar surface area (TPSA) is 79.6 Å². The first-order valence-corrected chi connectivity index (χ1v) is 11.9. The number of pyridine rings is 1. The molecule has 2 aliphatic rings. The average molecular weight is 460 g/mol. The van der Waals surface area contributed by atoms with E-state index in [9.17, 15) is 0 Å². The molecule has 1 saturated heterocycles. The van der Waals surface area contributed by atoms with E-state index in [0.717, 1.165) is 66.8 Å². The molecule has 0 radical (unpaired) electrons. The summed E-state index contributed by atoms with van der Waals surface area (Å²) in [4.78, 5) is 16.4. The van der Waals surface area contributed by atoms with Crippen LogP contribution in [0.25, 0.3) is 0 Å². The molecule has 2 N–H and O–H groups in total. The predicted molar refractivity (Wildman–Crippen MR) is 135 cm³/mol. The Kier molecular flexibility index (Phi) is 5.89. The molecule has 1 unspecified atom stereocenters. The number of aryl methyl sites for hydroxylation is 2. The van der Waals surface area contributed by atoms with Crippen molar-refractivity contribution in [3.63, 3.8) is 0 Å². The quantitative estimate of drug-likeness (QED) is 0.597. The first-order chi connectivity index (χ1) is 16.4. The second kappa shape index (κ2) is 9.00. The summed E-state index contributed by atoms with van der Waals surface area (Å²) in [6, 6.07) is 10.3. The molecule has 0 aliphatic carbocycles. The van der Waals surface area contributed by atoms with Gasteiger partial charge in [0, 0.05) is 44.3 Å². The third kappa shape index (κ3) is 4.32. The fraction of sp³-hybridized carbons (Fsp3) is 0.423. The molecule has 1 fully saturated rings. The van der Waals surface area contributed by atoms with Gasteiger partial charge in [-0.15, -0.1) is 0 Å². The van der Waals surface area contributed by atoms with Crippen LogP contribution in [0.3, 0.4) is 0 Å². The molecule has 0 bridgehead atoms. The van der Waals surface area contributed by atoms with Crippen molar-refractivity contribution in [1.82, 2.24) is 19.4 Å². The van der Waals surface area contributed by atoms with Crippen molar-refractivity contribution >= 4 is 17.5 Å². The summed E-state index contributed by atoms with van der Waals surface area (Å²) >= 11 is 0. The third-order valence-electron chi connectivity index (χ3n) is 6.97. The van der Waals surface area contributed by atoms with E-state index in [1.165, 1.54) is 5.56 Å². The third-order valence-corrected chi connectivity index (χ3v) is 6.97. The largest absolute Gasteiger partial charge is 0.497 e. The van der Waals surface area contributed by atoms with Gasteiger partial charge in [-0.2, -0.15) is 0 Å². The number of anilines is 2. The maximum Gasteiger partial charge on any atom is 0.202 e. The number of aromatic nitrogens is 3. The number of imidazole rings is 1. The number of likely N-dealkylation sites (tertiary alicyclic amines) is 1. The van der Waals surface area contributed by atoms with Crippen molar-refractivity contribution in [2.24, 2.45) is 18.0 Å². The second-order valence-electron chi connectivity index (χ2n) is 9.48. The van der Waals surface area contributed by atoms with Gasteiger partial charge in [-0.25, -0.2) is 9.98 Å². The number of rotatable bonds is 5. The molecular formula is C26H33N7O. The van der Waals surface area contributed by atoms with Gasteiger partial charge in [-0.3, -0.25) is 4.98 Å². The molecule has 5 rings (SSSR count). The normalized spacial score (nSPS) is 20.4. The molecule has 0 amide bonds. The van der Waals surface area contributed by atoms with Gasteiger partial charge in [0.15, 0.2) is 11.5 Å². The minimum Gasteiger partial charge on any atom is -0.497 e. The average Bonchev–Trinajstić information content (AvgIpc) is 3.23. The minimum absolute atomic E-state index is 0.674. The summed E-state index contributed by atoms with van der Waals surface area (Å²) in [5, 5.41) is 7.19. The summed E-state index contributed by atoms with van der Waals surface area (Å²) in [7, 11) is 3.70. The summed E-state index contributed by atoms with van der Waals surface area (Å²) in [5.74, 6) is 3.22. The highest BCUT2D eigenvalue weighted by atomic mass is 16.5. The van der Waals surface area contributed by atoms with Crippen molar-refractivity contribution in [3.05, 3.63) is 65.9 Å². The van der Waals surface area contributed by atoms with Gasteiger partial charge in [0.25, 0.3) is 0 Å². The van der Waals surface area contributed by atoms with Gasteiger partial charge in [0.2, 0.25) is 5.96 Å². The Balaban J connectivity index is 1.37. The SMILES string of the molecule is COc1ccc(C)c(NC2(C)N=C(N3CCC(Cc4ccncc4)CC3)Nc3ncn(C)c32)c1. The highest BCUT2D eigenvalue weighted by molar-refractivity contribution is 5.96. The number of nitrogens with one attached hydrogen (secondary N) is 2. The fourth-order valence-electron chi connectivity index (χ4n) is 5.06. The molecule has 8 nitrogen and oxygen atoms in total. The van der Waals surface area contributed by atoms with Crippen LogP contribution < -0.4 is 15.4 Å². The first kappa shape index (κ1) is 22.3. The van der Waals surface area contributed by atoms with Crippen LogP contribution in [0.5, 0.6) is 5.75 Å². The van der Waals surface area contributed by atoms with Gasteiger partial charge in [-0.1, -0.05) is 6.07 Å². The van der Waals surface area contributed by atoms with Crippen LogP contribution in [0.1, 0.15) is 36.6 Å². The van der Waals surface area contributed by atoms with E-state index in [4.69, 9.17) is 9.73 Å². The number of aliphatic imine (C=N–C) groups is 1. The smallest absolute Gasteiger partial charge is 0.202 e. The van der Waals surface area contributed by atoms with Crippen LogP contribution in [0, 0.1) is 12.8 Å². The van der Waals surface area contributed by atoms with E-state index in [1.54, 1.807) is 7.11 Å². The molecule has 1 atom stereocenters. The lowest BCUT2D eigenvalue weighted by molar-refractivity contribution is 0.262. The zero-order chi connectivity index (χ0) is 23.7. The maximum atomic E-state index is 5.46. The molecule has 1 aromatic carbocycles. The van der Waals surface area contributed by atoms with Crippen LogP contribution in [0.2, 0.25) is 0 Å².